The van der Waals surface area contributed by atoms with Gasteiger partial charge in [0.1, 0.15) is 0 Å². The molecular weight excluding hydrogens is 134 g/mol. The third-order valence-corrected chi connectivity index (χ3v) is 1.26. The molecule has 0 saturated carbocycles. The zero-order chi connectivity index (χ0) is 8.15. The normalized spacial score (nSPS) is 16.3. The Labute approximate surface area is 60.0 Å². The monoisotopic (exact) mass is 147 g/mol. The Morgan fingerprint density at radius 3 is 2.40 bits per heavy atom. The second-order valence-corrected chi connectivity index (χ2v) is 2.23. The van der Waals surface area contributed by atoms with E-state index in [0.29, 0.717) is 0 Å². The Morgan fingerprint density at radius 1 is 1.80 bits per heavy atom. The number of aliphatic carboxylic acids is 1. The van der Waals surface area contributed by atoms with Gasteiger partial charge >= 0.3 is 5.97 Å². The first-order valence-corrected chi connectivity index (χ1v) is 3.08. The molecule has 0 bridgehead atoms. The van der Waals surface area contributed by atoms with Crippen LogP contribution in [0.4, 0.5) is 0 Å². The molecule has 0 fully saturated rings. The van der Waals surface area contributed by atoms with Gasteiger partial charge in [0.05, 0.1) is 12.5 Å². The molecule has 0 amide bonds. The first-order valence-electron chi connectivity index (χ1n) is 3.08. The van der Waals surface area contributed by atoms with Gasteiger partial charge in [0.15, 0.2) is 0 Å². The molecule has 4 heteroatoms. The smallest absolute Gasteiger partial charge is 0.306 e. The zero-order valence-electron chi connectivity index (χ0n) is 6.20. The number of nitrogens with two attached hydrogens (primary N) is 1. The highest BCUT2D eigenvalue weighted by molar-refractivity contribution is 5.67. The molecule has 10 heavy (non-hydrogen) atoms. The molecule has 0 rings (SSSR count). The van der Waals surface area contributed by atoms with Crippen molar-refractivity contribution in [1.82, 2.24) is 0 Å². The molecular formula is C6H13NO3. The maximum absolute atomic E-state index is 10.1. The molecule has 0 aromatic carbocycles. The van der Waals surface area contributed by atoms with E-state index in [4.69, 9.17) is 15.6 Å². The average molecular weight is 147 g/mol. The van der Waals surface area contributed by atoms with E-state index >= 15 is 0 Å². The van der Waals surface area contributed by atoms with E-state index in [1.54, 1.807) is 6.92 Å². The van der Waals surface area contributed by atoms with E-state index in [2.05, 4.69) is 0 Å². The van der Waals surface area contributed by atoms with Gasteiger partial charge in [0.25, 0.3) is 0 Å². The minimum atomic E-state index is -0.885. The fraction of sp³-hybridized carbons (Fsp3) is 0.833. The predicted molar refractivity (Wildman–Crippen MR) is 36.7 cm³/mol. The van der Waals surface area contributed by atoms with Crippen LogP contribution in [-0.4, -0.2) is 30.3 Å². The van der Waals surface area contributed by atoms with Crippen LogP contribution in [0.15, 0.2) is 0 Å². The van der Waals surface area contributed by atoms with E-state index in [1.807, 2.05) is 0 Å². The number of hydrogen-bond acceptors (Lipinski definition) is 3. The van der Waals surface area contributed by atoms with Crippen LogP contribution in [0.1, 0.15) is 13.3 Å². The number of carboxylic acids is 1. The fourth-order valence-electron chi connectivity index (χ4n) is 0.656. The van der Waals surface area contributed by atoms with Crippen molar-refractivity contribution >= 4 is 5.97 Å². The first kappa shape index (κ1) is 9.39. The van der Waals surface area contributed by atoms with Crippen molar-refractivity contribution in [3.8, 4) is 0 Å². The van der Waals surface area contributed by atoms with Crippen LogP contribution in [0.3, 0.4) is 0 Å². The minimum absolute atomic E-state index is 0.0336. The first-order chi connectivity index (χ1) is 4.57. The lowest BCUT2D eigenvalue weighted by Gasteiger charge is -2.16. The van der Waals surface area contributed by atoms with Gasteiger partial charge in [-0.3, -0.25) is 4.79 Å². The van der Waals surface area contributed by atoms with Crippen molar-refractivity contribution in [3.63, 3.8) is 0 Å². The van der Waals surface area contributed by atoms with E-state index in [0.717, 1.165) is 0 Å². The summed E-state index contributed by atoms with van der Waals surface area (Å²) >= 11 is 0. The van der Waals surface area contributed by atoms with Gasteiger partial charge in [-0.15, -0.1) is 0 Å². The molecule has 0 aliphatic rings. The number of rotatable bonds is 4. The second kappa shape index (κ2) is 4.24. The fourth-order valence-corrected chi connectivity index (χ4v) is 0.656. The molecule has 2 atom stereocenters. The Bertz CT molecular complexity index is 114. The predicted octanol–water partition coefficient (Wildman–Crippen LogP) is -0.177. The largest absolute Gasteiger partial charge is 0.481 e. The number of methoxy groups -OCH3 is 1. The highest BCUT2D eigenvalue weighted by atomic mass is 16.5. The Kier molecular flexibility index (Phi) is 3.99. The van der Waals surface area contributed by atoms with Gasteiger partial charge in [-0.25, -0.2) is 0 Å². The molecule has 60 valence electrons. The lowest BCUT2D eigenvalue weighted by atomic mass is 10.1. The summed E-state index contributed by atoms with van der Waals surface area (Å²) < 4.78 is 4.82. The molecule has 0 aromatic rings. The molecule has 0 saturated heterocycles. The second-order valence-electron chi connectivity index (χ2n) is 2.23. The standard InChI is InChI=1S/C6H13NO3/c1-4(7)5(10-2)3-6(8)9/h4-5H,3,7H2,1-2H3,(H,8,9). The summed E-state index contributed by atoms with van der Waals surface area (Å²) in [6, 6.07) is -0.235. The Morgan fingerprint density at radius 2 is 2.30 bits per heavy atom. The van der Waals surface area contributed by atoms with E-state index in [-0.39, 0.29) is 18.6 Å². The van der Waals surface area contributed by atoms with Crippen LogP contribution in [0.5, 0.6) is 0 Å². The van der Waals surface area contributed by atoms with Crippen molar-refractivity contribution in [2.75, 3.05) is 7.11 Å². The summed E-state index contributed by atoms with van der Waals surface area (Å²) in [5, 5.41) is 8.33. The maximum Gasteiger partial charge on any atom is 0.306 e. The molecule has 0 aliphatic heterocycles. The highest BCUT2D eigenvalue weighted by Crippen LogP contribution is 2.00. The van der Waals surface area contributed by atoms with Crippen LogP contribution >= 0.6 is 0 Å². The zero-order valence-corrected chi connectivity index (χ0v) is 6.20. The molecule has 4 nitrogen and oxygen atoms in total. The van der Waals surface area contributed by atoms with Gasteiger partial charge in [0, 0.05) is 13.2 Å². The third kappa shape index (κ3) is 3.42. The summed E-state index contributed by atoms with van der Waals surface area (Å²) in [5.74, 6) is -0.885. The lowest BCUT2D eigenvalue weighted by molar-refractivity contribution is -0.140. The van der Waals surface area contributed by atoms with Crippen molar-refractivity contribution < 1.29 is 14.6 Å². The van der Waals surface area contributed by atoms with Gasteiger partial charge < -0.3 is 15.6 Å². The SMILES string of the molecule is COC(CC(=O)O)C(C)N. The number of carbonyl (C=O) groups is 1. The quantitative estimate of drug-likeness (QED) is 0.578. The molecule has 0 aliphatic carbocycles. The Balaban J connectivity index is 3.71. The van der Waals surface area contributed by atoms with Crippen LogP contribution in [0, 0.1) is 0 Å². The minimum Gasteiger partial charge on any atom is -0.481 e. The van der Waals surface area contributed by atoms with Crippen LogP contribution < -0.4 is 5.73 Å². The van der Waals surface area contributed by atoms with E-state index < -0.39 is 5.97 Å². The Hall–Kier alpha value is -0.610. The van der Waals surface area contributed by atoms with Crippen molar-refractivity contribution in [1.29, 1.82) is 0 Å². The number of carboxylic acid groups (broad SMARTS) is 1. The topological polar surface area (TPSA) is 72.5 Å². The molecule has 0 radical (unpaired) electrons. The molecule has 0 aromatic heterocycles. The molecule has 3 N–H and O–H groups in total. The summed E-state index contributed by atoms with van der Waals surface area (Å²) in [6.45, 7) is 1.72. The van der Waals surface area contributed by atoms with Crippen LogP contribution in [-0.2, 0) is 9.53 Å². The van der Waals surface area contributed by atoms with Gasteiger partial charge in [0.2, 0.25) is 0 Å². The molecule has 2 unspecified atom stereocenters. The third-order valence-electron chi connectivity index (χ3n) is 1.26. The van der Waals surface area contributed by atoms with Gasteiger partial charge in [-0.05, 0) is 6.92 Å². The molecule has 0 spiro atoms. The average Bonchev–Trinajstić information content (AvgIpc) is 1.81. The number of hydrogen-bond donors (Lipinski definition) is 2. The van der Waals surface area contributed by atoms with Crippen molar-refractivity contribution in [3.05, 3.63) is 0 Å². The van der Waals surface area contributed by atoms with E-state index in [9.17, 15) is 4.79 Å². The van der Waals surface area contributed by atoms with Gasteiger partial charge in [-0.2, -0.15) is 0 Å². The van der Waals surface area contributed by atoms with E-state index in [1.165, 1.54) is 7.11 Å². The van der Waals surface area contributed by atoms with Gasteiger partial charge in [-0.1, -0.05) is 0 Å². The highest BCUT2D eigenvalue weighted by Gasteiger charge is 2.15. The van der Waals surface area contributed by atoms with Crippen LogP contribution in [0.2, 0.25) is 0 Å². The number of ether oxygens (including phenoxy) is 1. The van der Waals surface area contributed by atoms with Crippen molar-refractivity contribution in [2.24, 2.45) is 5.73 Å². The van der Waals surface area contributed by atoms with Crippen molar-refractivity contribution in [2.45, 2.75) is 25.5 Å². The lowest BCUT2D eigenvalue weighted by Crippen LogP contribution is -2.34. The molecule has 0 heterocycles. The van der Waals surface area contributed by atoms with Crippen LogP contribution in [0.25, 0.3) is 0 Å². The summed E-state index contributed by atoms with van der Waals surface area (Å²) in [6.07, 6.45) is -0.411. The maximum atomic E-state index is 10.1. The summed E-state index contributed by atoms with van der Waals surface area (Å²) in [4.78, 5) is 10.1. The summed E-state index contributed by atoms with van der Waals surface area (Å²) in [5.41, 5.74) is 5.41. The summed E-state index contributed by atoms with van der Waals surface area (Å²) in [7, 11) is 1.46.